The molecule has 1 fully saturated rings. The predicted octanol–water partition coefficient (Wildman–Crippen LogP) is 2.13. The first-order chi connectivity index (χ1) is 10.2. The summed E-state index contributed by atoms with van der Waals surface area (Å²) in [6, 6.07) is 4.57. The minimum Gasteiger partial charge on any atom is -0.396 e. The van der Waals surface area contributed by atoms with Crippen LogP contribution in [0.1, 0.15) is 24.8 Å². The van der Waals surface area contributed by atoms with E-state index in [0.29, 0.717) is 12.3 Å². The predicted molar refractivity (Wildman–Crippen MR) is 78.3 cm³/mol. The first kappa shape index (κ1) is 14.1. The van der Waals surface area contributed by atoms with E-state index in [2.05, 4.69) is 10.3 Å². The van der Waals surface area contributed by atoms with E-state index >= 15 is 0 Å². The van der Waals surface area contributed by atoms with E-state index in [0.717, 1.165) is 29.3 Å². The maximum Gasteiger partial charge on any atom is 0.224 e. The van der Waals surface area contributed by atoms with Crippen molar-refractivity contribution >= 4 is 16.8 Å². The van der Waals surface area contributed by atoms with Gasteiger partial charge in [0, 0.05) is 29.7 Å². The third kappa shape index (κ3) is 3.24. The molecule has 21 heavy (non-hydrogen) atoms. The van der Waals surface area contributed by atoms with Gasteiger partial charge in [0.1, 0.15) is 5.82 Å². The van der Waals surface area contributed by atoms with Crippen molar-refractivity contribution in [1.82, 2.24) is 10.3 Å². The number of fused-ring (bicyclic) bond motifs is 1. The zero-order chi connectivity index (χ0) is 14.8. The molecular formula is C16H19FN2O2. The molecule has 1 amide bonds. The molecule has 3 rings (SSSR count). The second-order valence-corrected chi connectivity index (χ2v) is 5.70. The van der Waals surface area contributed by atoms with Gasteiger partial charge >= 0.3 is 0 Å². The lowest BCUT2D eigenvalue weighted by Crippen LogP contribution is -2.38. The van der Waals surface area contributed by atoms with Gasteiger partial charge in [-0.2, -0.15) is 0 Å². The highest BCUT2D eigenvalue weighted by Gasteiger charge is 2.31. The van der Waals surface area contributed by atoms with Crippen LogP contribution in [0.5, 0.6) is 0 Å². The number of carbonyl (C=O) groups is 1. The molecule has 0 spiro atoms. The average molecular weight is 290 g/mol. The fraction of sp³-hybridized carbons (Fsp3) is 0.438. The van der Waals surface area contributed by atoms with E-state index in [1.54, 1.807) is 12.3 Å². The van der Waals surface area contributed by atoms with Crippen LogP contribution in [0.25, 0.3) is 10.9 Å². The number of hydrogen-bond donors (Lipinski definition) is 3. The van der Waals surface area contributed by atoms with Gasteiger partial charge in [-0.1, -0.05) is 0 Å². The number of benzene rings is 1. The highest BCUT2D eigenvalue weighted by Crippen LogP contribution is 2.34. The molecule has 1 aromatic heterocycles. The highest BCUT2D eigenvalue weighted by atomic mass is 19.1. The van der Waals surface area contributed by atoms with Crippen LogP contribution in [0.3, 0.4) is 0 Å². The Morgan fingerprint density at radius 2 is 2.29 bits per heavy atom. The van der Waals surface area contributed by atoms with Crippen LogP contribution < -0.4 is 5.32 Å². The van der Waals surface area contributed by atoms with Gasteiger partial charge in [0.15, 0.2) is 0 Å². The topological polar surface area (TPSA) is 65.1 Å². The van der Waals surface area contributed by atoms with Crippen LogP contribution in [0.2, 0.25) is 0 Å². The summed E-state index contributed by atoms with van der Waals surface area (Å²) in [5.74, 6) is 0.118. The maximum atomic E-state index is 13.3. The van der Waals surface area contributed by atoms with Crippen LogP contribution in [0.4, 0.5) is 4.39 Å². The smallest absolute Gasteiger partial charge is 0.224 e. The molecule has 112 valence electrons. The van der Waals surface area contributed by atoms with Gasteiger partial charge < -0.3 is 15.4 Å². The van der Waals surface area contributed by atoms with Gasteiger partial charge in [-0.05, 0) is 48.9 Å². The molecule has 0 bridgehead atoms. The van der Waals surface area contributed by atoms with E-state index in [4.69, 9.17) is 5.11 Å². The van der Waals surface area contributed by atoms with Crippen LogP contribution in [-0.2, 0) is 11.2 Å². The van der Waals surface area contributed by atoms with Gasteiger partial charge in [-0.15, -0.1) is 0 Å². The van der Waals surface area contributed by atoms with E-state index in [9.17, 15) is 9.18 Å². The second-order valence-electron chi connectivity index (χ2n) is 5.70. The molecule has 1 atom stereocenters. The van der Waals surface area contributed by atoms with E-state index < -0.39 is 0 Å². The molecule has 1 aromatic carbocycles. The number of aromatic amines is 1. The summed E-state index contributed by atoms with van der Waals surface area (Å²) < 4.78 is 13.3. The van der Waals surface area contributed by atoms with Gasteiger partial charge in [0.05, 0.1) is 6.42 Å². The number of aliphatic hydroxyl groups excluding tert-OH is 1. The van der Waals surface area contributed by atoms with Crippen molar-refractivity contribution in [2.45, 2.75) is 31.7 Å². The number of aliphatic hydroxyl groups is 1. The zero-order valence-corrected chi connectivity index (χ0v) is 11.7. The van der Waals surface area contributed by atoms with Gasteiger partial charge in [0.2, 0.25) is 5.91 Å². The normalized spacial score (nSPS) is 16.1. The Labute approximate surface area is 122 Å². The Bertz CT molecular complexity index is 649. The monoisotopic (exact) mass is 290 g/mol. The van der Waals surface area contributed by atoms with Crippen molar-refractivity contribution in [1.29, 1.82) is 0 Å². The summed E-state index contributed by atoms with van der Waals surface area (Å²) in [4.78, 5) is 15.2. The molecule has 0 aliphatic heterocycles. The number of nitrogens with one attached hydrogen (secondary N) is 2. The summed E-state index contributed by atoms with van der Waals surface area (Å²) in [5.41, 5.74) is 1.62. The van der Waals surface area contributed by atoms with Crippen molar-refractivity contribution in [3.05, 3.63) is 35.8 Å². The Hall–Kier alpha value is -1.88. The quantitative estimate of drug-likeness (QED) is 0.763. The molecule has 1 heterocycles. The minimum absolute atomic E-state index is 0.0597. The molecule has 4 nitrogen and oxygen atoms in total. The minimum atomic E-state index is -0.306. The summed E-state index contributed by atoms with van der Waals surface area (Å²) in [7, 11) is 0. The Balaban J connectivity index is 1.69. The van der Waals surface area contributed by atoms with Gasteiger partial charge in [-0.25, -0.2) is 4.39 Å². The fourth-order valence-corrected chi connectivity index (χ4v) is 2.79. The molecule has 1 aliphatic rings. The molecule has 5 heteroatoms. The maximum absolute atomic E-state index is 13.3. The van der Waals surface area contributed by atoms with E-state index in [1.165, 1.54) is 12.1 Å². The third-order valence-corrected chi connectivity index (χ3v) is 4.06. The number of aromatic nitrogens is 1. The third-order valence-electron chi connectivity index (χ3n) is 4.06. The van der Waals surface area contributed by atoms with Crippen molar-refractivity contribution in [3.8, 4) is 0 Å². The molecular weight excluding hydrogens is 271 g/mol. The first-order valence-corrected chi connectivity index (χ1v) is 7.33. The number of halogens is 1. The highest BCUT2D eigenvalue weighted by molar-refractivity contribution is 5.89. The molecule has 0 radical (unpaired) electrons. The number of rotatable bonds is 6. The van der Waals surface area contributed by atoms with Crippen molar-refractivity contribution < 1.29 is 14.3 Å². The van der Waals surface area contributed by atoms with E-state index in [1.807, 2.05) is 0 Å². The SMILES string of the molecule is O=C(Cc1c[nH]c2ccc(F)cc12)NC(CCO)C1CC1. The number of amides is 1. The summed E-state index contributed by atoms with van der Waals surface area (Å²) >= 11 is 0. The largest absolute Gasteiger partial charge is 0.396 e. The summed E-state index contributed by atoms with van der Waals surface area (Å²) in [6.45, 7) is 0.0831. The number of H-pyrrole nitrogens is 1. The van der Waals surface area contributed by atoms with Crippen molar-refractivity contribution in [2.75, 3.05) is 6.61 Å². The molecule has 1 aliphatic carbocycles. The molecule has 3 N–H and O–H groups in total. The lowest BCUT2D eigenvalue weighted by molar-refractivity contribution is -0.121. The standard InChI is InChI=1S/C16H19FN2O2/c17-12-3-4-15-13(8-12)11(9-18-15)7-16(21)19-14(5-6-20)10-1-2-10/h3-4,8-10,14,18,20H,1-2,5-7H2,(H,19,21). The zero-order valence-electron chi connectivity index (χ0n) is 11.7. The van der Waals surface area contributed by atoms with E-state index in [-0.39, 0.29) is 30.8 Å². The number of hydrogen-bond acceptors (Lipinski definition) is 2. The molecule has 2 aromatic rings. The molecule has 1 saturated carbocycles. The summed E-state index contributed by atoms with van der Waals surface area (Å²) in [6.07, 6.45) is 4.80. The van der Waals surface area contributed by atoms with Crippen molar-refractivity contribution in [3.63, 3.8) is 0 Å². The first-order valence-electron chi connectivity index (χ1n) is 7.33. The Morgan fingerprint density at radius 1 is 1.48 bits per heavy atom. The van der Waals surface area contributed by atoms with Crippen molar-refractivity contribution in [2.24, 2.45) is 5.92 Å². The van der Waals surface area contributed by atoms with Gasteiger partial charge in [0.25, 0.3) is 0 Å². The van der Waals surface area contributed by atoms with Crippen LogP contribution >= 0.6 is 0 Å². The van der Waals surface area contributed by atoms with Crippen LogP contribution in [0.15, 0.2) is 24.4 Å². The average Bonchev–Trinajstić information content (AvgIpc) is 3.23. The number of carbonyl (C=O) groups excluding carboxylic acids is 1. The Morgan fingerprint density at radius 3 is 3.00 bits per heavy atom. The van der Waals surface area contributed by atoms with Gasteiger partial charge in [-0.3, -0.25) is 4.79 Å². The molecule has 0 saturated heterocycles. The lowest BCUT2D eigenvalue weighted by atomic mass is 10.1. The second kappa shape index (κ2) is 5.85. The summed E-state index contributed by atoms with van der Waals surface area (Å²) in [5, 5.41) is 12.8. The molecule has 1 unspecified atom stereocenters. The fourth-order valence-electron chi connectivity index (χ4n) is 2.79. The Kier molecular flexibility index (Phi) is 3.92. The van der Waals surface area contributed by atoms with Crippen LogP contribution in [0, 0.1) is 11.7 Å². The van der Waals surface area contributed by atoms with Crippen LogP contribution in [-0.4, -0.2) is 28.6 Å². The lowest BCUT2D eigenvalue weighted by Gasteiger charge is -2.16.